The predicted octanol–water partition coefficient (Wildman–Crippen LogP) is 5.80. The molecule has 0 heterocycles. The minimum Gasteiger partial charge on any atom is -0.487 e. The van der Waals surface area contributed by atoms with Gasteiger partial charge in [0, 0.05) is 22.7 Å². The molecule has 0 fully saturated rings. The Bertz CT molecular complexity index is 1110. The summed E-state index contributed by atoms with van der Waals surface area (Å²) >= 11 is 10.2. The fourth-order valence-corrected chi connectivity index (χ4v) is 4.75. The van der Waals surface area contributed by atoms with Crippen molar-refractivity contribution in [1.82, 2.24) is 5.43 Å². The summed E-state index contributed by atoms with van der Waals surface area (Å²) < 4.78 is 7.65. The summed E-state index contributed by atoms with van der Waals surface area (Å²) in [5, 5.41) is 15.3. The second-order valence-corrected chi connectivity index (χ2v) is 8.99. The van der Waals surface area contributed by atoms with Crippen LogP contribution in [0.1, 0.15) is 21.5 Å². The Balaban J connectivity index is 1.62. The summed E-state index contributed by atoms with van der Waals surface area (Å²) in [5.41, 5.74) is 4.61. The van der Waals surface area contributed by atoms with Gasteiger partial charge < -0.3 is 4.74 Å². The summed E-state index contributed by atoms with van der Waals surface area (Å²) in [6, 6.07) is 16.5. The molecule has 0 unspecified atom stereocenters. The van der Waals surface area contributed by atoms with Crippen LogP contribution in [0.3, 0.4) is 0 Å². The van der Waals surface area contributed by atoms with Crippen LogP contribution < -0.4 is 10.2 Å². The van der Waals surface area contributed by atoms with Gasteiger partial charge in [-0.3, -0.25) is 14.9 Å². The van der Waals surface area contributed by atoms with Crippen LogP contribution in [0.4, 0.5) is 5.69 Å². The van der Waals surface area contributed by atoms with Crippen molar-refractivity contribution < 1.29 is 14.5 Å². The van der Waals surface area contributed by atoms with E-state index in [4.69, 9.17) is 16.3 Å². The van der Waals surface area contributed by atoms with Gasteiger partial charge in [0.1, 0.15) is 12.4 Å². The van der Waals surface area contributed by atoms with Gasteiger partial charge in [0.2, 0.25) is 0 Å². The molecule has 0 saturated carbocycles. The molecule has 0 bridgehead atoms. The molecule has 7 nitrogen and oxygen atoms in total. The number of nitrogens with one attached hydrogen (secondary N) is 1. The average molecular weight is 662 g/mol. The van der Waals surface area contributed by atoms with E-state index < -0.39 is 4.92 Å². The highest BCUT2D eigenvalue weighted by Crippen LogP contribution is 2.29. The van der Waals surface area contributed by atoms with Gasteiger partial charge in [-0.05, 0) is 105 Å². The number of hydrogen-bond acceptors (Lipinski definition) is 5. The number of non-ortho nitro benzene ring substituents is 1. The van der Waals surface area contributed by atoms with Crippen LogP contribution in [-0.4, -0.2) is 17.0 Å². The van der Waals surface area contributed by atoms with Crippen LogP contribution in [-0.2, 0) is 6.61 Å². The van der Waals surface area contributed by atoms with Gasteiger partial charge in [-0.25, -0.2) is 5.43 Å². The number of nitrogens with zero attached hydrogens (tertiary/aromatic N) is 2. The molecule has 0 aliphatic heterocycles. The third-order valence-corrected chi connectivity index (χ3v) is 5.89. The van der Waals surface area contributed by atoms with Gasteiger partial charge in [0.25, 0.3) is 11.6 Å². The van der Waals surface area contributed by atoms with Crippen LogP contribution in [0.2, 0.25) is 5.02 Å². The monoisotopic (exact) mass is 661 g/mol. The van der Waals surface area contributed by atoms with Gasteiger partial charge in [0.15, 0.2) is 0 Å². The maximum Gasteiger partial charge on any atom is 0.271 e. The zero-order chi connectivity index (χ0) is 22.4. The first-order chi connectivity index (χ1) is 14.8. The number of hydrogen-bond donors (Lipinski definition) is 1. The smallest absolute Gasteiger partial charge is 0.271 e. The number of nitro groups is 1. The molecular formula is C21H14ClI2N3O4. The molecule has 158 valence electrons. The highest BCUT2D eigenvalue weighted by Gasteiger charge is 2.10. The second-order valence-electron chi connectivity index (χ2n) is 6.23. The zero-order valence-electron chi connectivity index (χ0n) is 15.7. The lowest BCUT2D eigenvalue weighted by atomic mass is 10.2. The van der Waals surface area contributed by atoms with E-state index in [1.165, 1.54) is 12.1 Å². The van der Waals surface area contributed by atoms with Crippen molar-refractivity contribution in [1.29, 1.82) is 0 Å². The molecule has 0 aromatic heterocycles. The van der Waals surface area contributed by atoms with Crippen LogP contribution in [0, 0.1) is 17.3 Å². The second kappa shape index (κ2) is 10.9. The van der Waals surface area contributed by atoms with E-state index in [2.05, 4.69) is 55.7 Å². The largest absolute Gasteiger partial charge is 0.487 e. The summed E-state index contributed by atoms with van der Waals surface area (Å²) in [6.07, 6.45) is 1.55. The Kier molecular flexibility index (Phi) is 8.21. The molecule has 0 aliphatic rings. The molecule has 0 spiro atoms. The molecule has 0 saturated heterocycles. The molecule has 3 rings (SSSR count). The minimum absolute atomic E-state index is 0.0414. The lowest BCUT2D eigenvalue weighted by Gasteiger charge is -2.11. The average Bonchev–Trinajstić information content (AvgIpc) is 2.74. The number of benzene rings is 3. The minimum atomic E-state index is -0.436. The molecule has 1 amide bonds. The first-order valence-corrected chi connectivity index (χ1v) is 11.3. The molecule has 1 N–H and O–H groups in total. The number of carbonyl (C=O) groups excluding carboxylic acids is 1. The van der Waals surface area contributed by atoms with Crippen LogP contribution in [0.15, 0.2) is 65.8 Å². The zero-order valence-corrected chi connectivity index (χ0v) is 20.8. The molecule has 3 aromatic rings. The number of rotatable bonds is 7. The highest BCUT2D eigenvalue weighted by atomic mass is 127. The van der Waals surface area contributed by atoms with Crippen molar-refractivity contribution in [3.63, 3.8) is 0 Å². The third-order valence-electron chi connectivity index (χ3n) is 4.04. The van der Waals surface area contributed by atoms with Gasteiger partial charge in [-0.1, -0.05) is 11.6 Å². The van der Waals surface area contributed by atoms with Crippen LogP contribution in [0.25, 0.3) is 0 Å². The summed E-state index contributed by atoms with van der Waals surface area (Å²) in [5.74, 6) is 0.377. The van der Waals surface area contributed by atoms with Gasteiger partial charge in [0.05, 0.1) is 18.3 Å². The SMILES string of the molecule is O=C(N/N=C\c1cc(I)c(OCc2ccc([N+](=O)[O-])cc2)c(I)c1)c1ccc(Cl)cc1. The molecule has 31 heavy (non-hydrogen) atoms. The fraction of sp³-hybridized carbons (Fsp3) is 0.0476. The van der Waals surface area contributed by atoms with Gasteiger partial charge in [-0.15, -0.1) is 0 Å². The van der Waals surface area contributed by atoms with E-state index in [0.29, 0.717) is 16.3 Å². The number of carbonyl (C=O) groups is 1. The standard InChI is InChI=1S/C21H14ClI2N3O4/c22-16-5-3-15(4-6-16)21(28)26-25-11-14-9-18(23)20(19(24)10-14)31-12-13-1-7-17(8-2-13)27(29)30/h1-11H,12H2,(H,26,28)/b25-11-. The molecule has 0 aliphatic carbocycles. The van der Waals surface area contributed by atoms with Gasteiger partial charge >= 0.3 is 0 Å². The Labute approximate surface area is 210 Å². The van der Waals surface area contributed by atoms with E-state index in [9.17, 15) is 14.9 Å². The first kappa shape index (κ1) is 23.4. The van der Waals surface area contributed by atoms with Crippen molar-refractivity contribution in [3.05, 3.63) is 99.6 Å². The lowest BCUT2D eigenvalue weighted by Crippen LogP contribution is -2.17. The van der Waals surface area contributed by atoms with E-state index in [0.717, 1.165) is 18.3 Å². The highest BCUT2D eigenvalue weighted by molar-refractivity contribution is 14.1. The summed E-state index contributed by atoms with van der Waals surface area (Å²) in [4.78, 5) is 22.4. The predicted molar refractivity (Wildman–Crippen MR) is 136 cm³/mol. The van der Waals surface area contributed by atoms with E-state index in [1.807, 2.05) is 12.1 Å². The maximum atomic E-state index is 12.1. The maximum absolute atomic E-state index is 12.1. The van der Waals surface area contributed by atoms with Gasteiger partial charge in [-0.2, -0.15) is 5.10 Å². The van der Waals surface area contributed by atoms with Crippen molar-refractivity contribution in [3.8, 4) is 5.75 Å². The number of hydrazone groups is 1. The van der Waals surface area contributed by atoms with Crippen LogP contribution >= 0.6 is 56.8 Å². The van der Waals surface area contributed by atoms with Crippen LogP contribution in [0.5, 0.6) is 5.75 Å². The number of amides is 1. The Morgan fingerprint density at radius 3 is 2.29 bits per heavy atom. The molecule has 3 aromatic carbocycles. The van der Waals surface area contributed by atoms with E-state index in [1.54, 1.807) is 42.6 Å². The number of ether oxygens (including phenoxy) is 1. The molecule has 0 atom stereocenters. The van der Waals surface area contributed by atoms with Crippen molar-refractivity contribution >= 4 is 74.6 Å². The normalized spacial score (nSPS) is 10.8. The lowest BCUT2D eigenvalue weighted by molar-refractivity contribution is -0.384. The number of nitro benzene ring substituents is 1. The van der Waals surface area contributed by atoms with Crippen molar-refractivity contribution in [2.24, 2.45) is 5.10 Å². The van der Waals surface area contributed by atoms with E-state index in [-0.39, 0.29) is 18.2 Å². The topological polar surface area (TPSA) is 93.8 Å². The first-order valence-electron chi connectivity index (χ1n) is 8.77. The van der Waals surface area contributed by atoms with Crippen molar-refractivity contribution in [2.75, 3.05) is 0 Å². The summed E-state index contributed by atoms with van der Waals surface area (Å²) in [6.45, 7) is 0.286. The molecule has 10 heteroatoms. The van der Waals surface area contributed by atoms with E-state index >= 15 is 0 Å². The molecule has 0 radical (unpaired) electrons. The third kappa shape index (κ3) is 6.61. The van der Waals surface area contributed by atoms with Crippen molar-refractivity contribution in [2.45, 2.75) is 6.61 Å². The quantitative estimate of drug-likeness (QED) is 0.150. The number of halogens is 3. The Morgan fingerprint density at radius 1 is 1.10 bits per heavy atom. The Hall–Kier alpha value is -2.25. The fourth-order valence-electron chi connectivity index (χ4n) is 2.49. The molecular weight excluding hydrogens is 648 g/mol. The Morgan fingerprint density at radius 2 is 1.71 bits per heavy atom. The summed E-state index contributed by atoms with van der Waals surface area (Å²) in [7, 11) is 0.